The zero-order chi connectivity index (χ0) is 13.2. The van der Waals surface area contributed by atoms with Crippen molar-refractivity contribution in [2.24, 2.45) is 0 Å². The molecule has 0 atom stereocenters. The first-order valence-electron chi connectivity index (χ1n) is 6.03. The van der Waals surface area contributed by atoms with Crippen molar-refractivity contribution in [2.75, 3.05) is 31.2 Å². The molecule has 1 aromatic rings. The topological polar surface area (TPSA) is 54.2 Å². The van der Waals surface area contributed by atoms with E-state index in [1.165, 1.54) is 0 Å². The van der Waals surface area contributed by atoms with E-state index in [2.05, 4.69) is 10.3 Å². The van der Waals surface area contributed by atoms with Crippen LogP contribution in [0, 0.1) is 0 Å². The summed E-state index contributed by atoms with van der Waals surface area (Å²) in [7, 11) is 1.75. The van der Waals surface area contributed by atoms with E-state index in [4.69, 9.17) is 5.73 Å². The maximum absolute atomic E-state index is 13.3. The number of likely N-dealkylation sites (tertiary alicyclic amines) is 1. The quantitative estimate of drug-likeness (QED) is 0.867. The molecule has 1 aliphatic rings. The molecular weight excluding hydrogens is 238 g/mol. The van der Waals surface area contributed by atoms with Gasteiger partial charge in [0.25, 0.3) is 5.92 Å². The van der Waals surface area contributed by atoms with Gasteiger partial charge in [0.2, 0.25) is 0 Å². The molecule has 4 nitrogen and oxygen atoms in total. The maximum atomic E-state index is 13.3. The standard InChI is InChI=1S/C12H18F2N4/c1-16-11-6-9(5-10(15)17-11)7-18-4-2-3-12(13,14)8-18/h5-6H,2-4,7-8H2,1H3,(H3,15,16,17). The third-order valence-corrected chi connectivity index (χ3v) is 3.04. The SMILES string of the molecule is CNc1cc(CN2CCCC(F)(F)C2)cc(N)n1. The van der Waals surface area contributed by atoms with Crippen LogP contribution in [0.25, 0.3) is 0 Å². The number of nitrogen functional groups attached to an aromatic ring is 1. The van der Waals surface area contributed by atoms with Gasteiger partial charge in [-0.2, -0.15) is 0 Å². The Hall–Kier alpha value is -1.43. The number of nitrogens with two attached hydrogens (primary N) is 1. The second kappa shape index (κ2) is 5.06. The van der Waals surface area contributed by atoms with Crippen molar-refractivity contribution in [1.82, 2.24) is 9.88 Å². The Morgan fingerprint density at radius 1 is 1.50 bits per heavy atom. The van der Waals surface area contributed by atoms with Crippen molar-refractivity contribution in [3.8, 4) is 0 Å². The van der Waals surface area contributed by atoms with Crippen molar-refractivity contribution >= 4 is 11.6 Å². The van der Waals surface area contributed by atoms with E-state index < -0.39 is 5.92 Å². The van der Waals surface area contributed by atoms with Crippen molar-refractivity contribution in [3.05, 3.63) is 17.7 Å². The van der Waals surface area contributed by atoms with E-state index >= 15 is 0 Å². The smallest absolute Gasteiger partial charge is 0.260 e. The predicted octanol–water partition coefficient (Wildman–Crippen LogP) is 1.94. The number of piperidine rings is 1. The number of alkyl halides is 2. The molecule has 6 heteroatoms. The Labute approximate surface area is 105 Å². The van der Waals surface area contributed by atoms with E-state index in [0.717, 1.165) is 5.56 Å². The lowest BCUT2D eigenvalue weighted by Gasteiger charge is -2.32. The van der Waals surface area contributed by atoms with Crippen LogP contribution in [0.4, 0.5) is 20.4 Å². The lowest BCUT2D eigenvalue weighted by atomic mass is 10.1. The second-order valence-corrected chi connectivity index (χ2v) is 4.71. The lowest BCUT2D eigenvalue weighted by molar-refractivity contribution is -0.0660. The first-order chi connectivity index (χ1) is 8.48. The van der Waals surface area contributed by atoms with Gasteiger partial charge in [-0.05, 0) is 30.7 Å². The van der Waals surface area contributed by atoms with Gasteiger partial charge in [-0.1, -0.05) is 0 Å². The van der Waals surface area contributed by atoms with Crippen molar-refractivity contribution in [1.29, 1.82) is 0 Å². The summed E-state index contributed by atoms with van der Waals surface area (Å²) in [5.41, 5.74) is 6.58. The molecule has 0 spiro atoms. The monoisotopic (exact) mass is 256 g/mol. The van der Waals surface area contributed by atoms with Crippen molar-refractivity contribution in [2.45, 2.75) is 25.3 Å². The first-order valence-corrected chi connectivity index (χ1v) is 6.03. The number of hydrogen-bond acceptors (Lipinski definition) is 4. The van der Waals surface area contributed by atoms with Crippen LogP contribution in [0.5, 0.6) is 0 Å². The third-order valence-electron chi connectivity index (χ3n) is 3.04. The van der Waals surface area contributed by atoms with Gasteiger partial charge in [0.15, 0.2) is 0 Å². The van der Waals surface area contributed by atoms with E-state index in [1.807, 2.05) is 6.07 Å². The van der Waals surface area contributed by atoms with Gasteiger partial charge in [-0.25, -0.2) is 13.8 Å². The highest BCUT2D eigenvalue weighted by Crippen LogP contribution is 2.27. The summed E-state index contributed by atoms with van der Waals surface area (Å²) in [6.07, 6.45) is 0.524. The van der Waals surface area contributed by atoms with Crippen molar-refractivity contribution < 1.29 is 8.78 Å². The Morgan fingerprint density at radius 2 is 2.28 bits per heavy atom. The van der Waals surface area contributed by atoms with Gasteiger partial charge in [0.1, 0.15) is 11.6 Å². The van der Waals surface area contributed by atoms with E-state index in [0.29, 0.717) is 31.1 Å². The molecule has 2 heterocycles. The fraction of sp³-hybridized carbons (Fsp3) is 0.583. The number of hydrogen-bond donors (Lipinski definition) is 2. The summed E-state index contributed by atoms with van der Waals surface area (Å²) in [5.74, 6) is -1.50. The Morgan fingerprint density at radius 3 is 2.94 bits per heavy atom. The average Bonchev–Trinajstić information content (AvgIpc) is 2.26. The highest BCUT2D eigenvalue weighted by molar-refractivity contribution is 5.46. The molecule has 0 aliphatic carbocycles. The molecule has 1 fully saturated rings. The number of nitrogens with one attached hydrogen (secondary N) is 1. The van der Waals surface area contributed by atoms with Gasteiger partial charge in [-0.3, -0.25) is 4.90 Å². The zero-order valence-electron chi connectivity index (χ0n) is 10.4. The average molecular weight is 256 g/mol. The number of rotatable bonds is 3. The summed E-state index contributed by atoms with van der Waals surface area (Å²) in [5, 5.41) is 2.90. The Kier molecular flexibility index (Phi) is 3.65. The summed E-state index contributed by atoms with van der Waals surface area (Å²) in [6.45, 7) is 1.01. The highest BCUT2D eigenvalue weighted by Gasteiger charge is 2.34. The van der Waals surface area contributed by atoms with Crippen LogP contribution in [0.1, 0.15) is 18.4 Å². The number of pyridine rings is 1. The first kappa shape index (κ1) is 13.0. The normalized spacial score (nSPS) is 19.7. The van der Waals surface area contributed by atoms with Gasteiger partial charge >= 0.3 is 0 Å². The van der Waals surface area contributed by atoms with Crippen LogP contribution >= 0.6 is 0 Å². The zero-order valence-corrected chi connectivity index (χ0v) is 10.4. The van der Waals surface area contributed by atoms with Crippen LogP contribution in [0.15, 0.2) is 12.1 Å². The second-order valence-electron chi connectivity index (χ2n) is 4.71. The number of anilines is 2. The minimum absolute atomic E-state index is 0.0102. The van der Waals surface area contributed by atoms with Crippen LogP contribution in [0.2, 0.25) is 0 Å². The number of aromatic nitrogens is 1. The van der Waals surface area contributed by atoms with Crippen LogP contribution in [0.3, 0.4) is 0 Å². The van der Waals surface area contributed by atoms with Gasteiger partial charge in [-0.15, -0.1) is 0 Å². The van der Waals surface area contributed by atoms with Gasteiger partial charge in [0.05, 0.1) is 6.54 Å². The molecule has 0 aromatic carbocycles. The summed E-state index contributed by atoms with van der Waals surface area (Å²) < 4.78 is 26.6. The molecule has 18 heavy (non-hydrogen) atoms. The maximum Gasteiger partial charge on any atom is 0.260 e. The Balaban J connectivity index is 2.07. The molecule has 0 bridgehead atoms. The molecule has 3 N–H and O–H groups in total. The fourth-order valence-electron chi connectivity index (χ4n) is 2.27. The number of halogens is 2. The Bertz CT molecular complexity index is 423. The molecule has 1 aliphatic heterocycles. The van der Waals surface area contributed by atoms with E-state index in [1.54, 1.807) is 18.0 Å². The summed E-state index contributed by atoms with van der Waals surface area (Å²) >= 11 is 0. The minimum atomic E-state index is -2.57. The lowest BCUT2D eigenvalue weighted by Crippen LogP contribution is -2.42. The van der Waals surface area contributed by atoms with E-state index in [9.17, 15) is 8.78 Å². The molecule has 0 unspecified atom stereocenters. The predicted molar refractivity (Wildman–Crippen MR) is 67.7 cm³/mol. The summed E-state index contributed by atoms with van der Waals surface area (Å²) in [6, 6.07) is 3.57. The van der Waals surface area contributed by atoms with Crippen LogP contribution in [-0.4, -0.2) is 35.9 Å². The molecule has 100 valence electrons. The van der Waals surface area contributed by atoms with E-state index in [-0.39, 0.29) is 13.0 Å². The van der Waals surface area contributed by atoms with Crippen LogP contribution in [-0.2, 0) is 6.54 Å². The van der Waals surface area contributed by atoms with Gasteiger partial charge < -0.3 is 11.1 Å². The fourth-order valence-corrected chi connectivity index (χ4v) is 2.27. The molecule has 0 radical (unpaired) electrons. The highest BCUT2D eigenvalue weighted by atomic mass is 19.3. The molecule has 0 amide bonds. The van der Waals surface area contributed by atoms with Crippen molar-refractivity contribution in [3.63, 3.8) is 0 Å². The number of nitrogens with zero attached hydrogens (tertiary/aromatic N) is 2. The molecule has 1 saturated heterocycles. The largest absolute Gasteiger partial charge is 0.384 e. The summed E-state index contributed by atoms with van der Waals surface area (Å²) in [4.78, 5) is 5.84. The minimum Gasteiger partial charge on any atom is -0.384 e. The molecule has 2 rings (SSSR count). The molecule has 1 aromatic heterocycles. The van der Waals surface area contributed by atoms with Crippen LogP contribution < -0.4 is 11.1 Å². The third kappa shape index (κ3) is 3.29. The molecular formula is C12H18F2N4. The van der Waals surface area contributed by atoms with Gasteiger partial charge in [0, 0.05) is 20.0 Å². The molecule has 0 saturated carbocycles.